The number of hydrogen-bond acceptors (Lipinski definition) is 1. The van der Waals surface area contributed by atoms with Gasteiger partial charge in [0.25, 0.3) is 0 Å². The van der Waals surface area contributed by atoms with Crippen molar-refractivity contribution in [3.63, 3.8) is 0 Å². The number of nitrogens with zero attached hydrogens (tertiary/aromatic N) is 1. The maximum absolute atomic E-state index is 6.16. The quantitative estimate of drug-likeness (QED) is 0.862. The Morgan fingerprint density at radius 3 is 2.47 bits per heavy atom. The van der Waals surface area contributed by atoms with Crippen molar-refractivity contribution in [2.45, 2.75) is 46.2 Å². The first kappa shape index (κ1) is 13.9. The molecular formula is C17H24N2. The number of rotatable bonds is 5. The third kappa shape index (κ3) is 3.27. The van der Waals surface area contributed by atoms with Crippen LogP contribution in [0.2, 0.25) is 0 Å². The van der Waals surface area contributed by atoms with Crippen molar-refractivity contribution in [1.82, 2.24) is 4.57 Å². The Bertz CT molecular complexity index is 520. The van der Waals surface area contributed by atoms with E-state index in [9.17, 15) is 0 Å². The van der Waals surface area contributed by atoms with E-state index in [4.69, 9.17) is 5.73 Å². The van der Waals surface area contributed by atoms with Crippen molar-refractivity contribution in [2.24, 2.45) is 5.73 Å². The van der Waals surface area contributed by atoms with E-state index in [1.165, 1.54) is 22.3 Å². The van der Waals surface area contributed by atoms with E-state index in [0.29, 0.717) is 0 Å². The van der Waals surface area contributed by atoms with Crippen molar-refractivity contribution >= 4 is 0 Å². The van der Waals surface area contributed by atoms with Gasteiger partial charge in [0.05, 0.1) is 0 Å². The third-order valence-electron chi connectivity index (χ3n) is 3.79. The van der Waals surface area contributed by atoms with E-state index in [1.807, 2.05) is 0 Å². The topological polar surface area (TPSA) is 30.9 Å². The minimum atomic E-state index is 0.171. The van der Waals surface area contributed by atoms with Gasteiger partial charge < -0.3 is 10.3 Å². The highest BCUT2D eigenvalue weighted by atomic mass is 14.9. The van der Waals surface area contributed by atoms with Gasteiger partial charge in [0, 0.05) is 25.0 Å². The second-order valence-corrected chi connectivity index (χ2v) is 5.38. The summed E-state index contributed by atoms with van der Waals surface area (Å²) in [6, 6.07) is 8.79. The van der Waals surface area contributed by atoms with E-state index < -0.39 is 0 Å². The van der Waals surface area contributed by atoms with Crippen molar-refractivity contribution in [1.29, 1.82) is 0 Å². The summed E-state index contributed by atoms with van der Waals surface area (Å²) in [5, 5.41) is 0. The SMILES string of the molecule is CCCC(N)c1ccn(Cc2c(C)cccc2C)c1. The number of nitrogens with two attached hydrogens (primary N) is 1. The molecule has 2 rings (SSSR count). The van der Waals surface area contributed by atoms with Gasteiger partial charge in [-0.15, -0.1) is 0 Å². The molecule has 2 aromatic rings. The number of benzene rings is 1. The fourth-order valence-electron chi connectivity index (χ4n) is 2.54. The molecular weight excluding hydrogens is 232 g/mol. The van der Waals surface area contributed by atoms with Gasteiger partial charge in [0.2, 0.25) is 0 Å². The molecule has 0 aliphatic rings. The molecule has 1 unspecified atom stereocenters. The van der Waals surface area contributed by atoms with Crippen molar-refractivity contribution in [2.75, 3.05) is 0 Å². The van der Waals surface area contributed by atoms with Gasteiger partial charge in [-0.05, 0) is 48.6 Å². The molecule has 102 valence electrons. The fourth-order valence-corrected chi connectivity index (χ4v) is 2.54. The standard InChI is InChI=1S/C17H24N2/c1-4-6-17(18)15-9-10-19(11-15)12-16-13(2)7-5-8-14(16)3/h5,7-11,17H,4,6,12,18H2,1-3H3. The number of aromatic nitrogens is 1. The minimum absolute atomic E-state index is 0.171. The molecule has 0 saturated carbocycles. The van der Waals surface area contributed by atoms with Crippen LogP contribution in [-0.2, 0) is 6.54 Å². The lowest BCUT2D eigenvalue weighted by Gasteiger charge is -2.11. The zero-order valence-electron chi connectivity index (χ0n) is 12.2. The van der Waals surface area contributed by atoms with Crippen LogP contribution in [0.15, 0.2) is 36.7 Å². The van der Waals surface area contributed by atoms with Crippen LogP contribution in [0.1, 0.15) is 48.1 Å². The van der Waals surface area contributed by atoms with Crippen molar-refractivity contribution in [3.8, 4) is 0 Å². The van der Waals surface area contributed by atoms with E-state index >= 15 is 0 Å². The highest BCUT2D eigenvalue weighted by molar-refractivity contribution is 5.34. The molecule has 0 spiro atoms. The molecule has 2 nitrogen and oxygen atoms in total. The van der Waals surface area contributed by atoms with E-state index in [2.05, 4.69) is 62.0 Å². The predicted molar refractivity (Wildman–Crippen MR) is 81.3 cm³/mol. The highest BCUT2D eigenvalue weighted by Gasteiger charge is 2.08. The normalized spacial score (nSPS) is 12.6. The number of hydrogen-bond donors (Lipinski definition) is 1. The lowest BCUT2D eigenvalue weighted by atomic mass is 10.0. The average Bonchev–Trinajstić information content (AvgIpc) is 2.83. The fraction of sp³-hybridized carbons (Fsp3) is 0.412. The minimum Gasteiger partial charge on any atom is -0.350 e. The van der Waals surface area contributed by atoms with Crippen LogP contribution in [0.25, 0.3) is 0 Å². The van der Waals surface area contributed by atoms with Crippen LogP contribution in [0, 0.1) is 13.8 Å². The molecule has 0 fully saturated rings. The van der Waals surface area contributed by atoms with Crippen LogP contribution in [0.4, 0.5) is 0 Å². The summed E-state index contributed by atoms with van der Waals surface area (Å²) in [5.74, 6) is 0. The molecule has 19 heavy (non-hydrogen) atoms. The summed E-state index contributed by atoms with van der Waals surface area (Å²) in [4.78, 5) is 0. The Hall–Kier alpha value is -1.54. The van der Waals surface area contributed by atoms with Gasteiger partial charge >= 0.3 is 0 Å². The Morgan fingerprint density at radius 1 is 1.16 bits per heavy atom. The first-order chi connectivity index (χ1) is 9.11. The molecule has 1 aromatic heterocycles. The van der Waals surface area contributed by atoms with Crippen LogP contribution >= 0.6 is 0 Å². The first-order valence-electron chi connectivity index (χ1n) is 7.08. The summed E-state index contributed by atoms with van der Waals surface area (Å²) in [7, 11) is 0. The van der Waals surface area contributed by atoms with E-state index in [1.54, 1.807) is 0 Å². The first-order valence-corrected chi connectivity index (χ1v) is 7.08. The van der Waals surface area contributed by atoms with Crippen LogP contribution in [0.5, 0.6) is 0 Å². The lowest BCUT2D eigenvalue weighted by molar-refractivity contribution is 0.636. The van der Waals surface area contributed by atoms with Gasteiger partial charge in [-0.1, -0.05) is 31.5 Å². The van der Waals surface area contributed by atoms with Crippen molar-refractivity contribution < 1.29 is 0 Å². The highest BCUT2D eigenvalue weighted by Crippen LogP contribution is 2.19. The maximum Gasteiger partial charge on any atom is 0.0475 e. The summed E-state index contributed by atoms with van der Waals surface area (Å²) in [5.41, 5.74) is 11.5. The summed E-state index contributed by atoms with van der Waals surface area (Å²) in [6.07, 6.45) is 6.50. The van der Waals surface area contributed by atoms with Gasteiger partial charge in [0.1, 0.15) is 0 Å². The Morgan fingerprint density at radius 2 is 1.84 bits per heavy atom. The molecule has 0 bridgehead atoms. The Balaban J connectivity index is 2.16. The monoisotopic (exact) mass is 256 g/mol. The molecule has 0 radical (unpaired) electrons. The molecule has 0 aliphatic heterocycles. The van der Waals surface area contributed by atoms with Crippen LogP contribution < -0.4 is 5.73 Å². The van der Waals surface area contributed by atoms with Gasteiger partial charge in [0.15, 0.2) is 0 Å². The lowest BCUT2D eigenvalue weighted by Crippen LogP contribution is -2.09. The van der Waals surface area contributed by atoms with E-state index in [0.717, 1.165) is 19.4 Å². The zero-order chi connectivity index (χ0) is 13.8. The Labute approximate surface area is 116 Å². The summed E-state index contributed by atoms with van der Waals surface area (Å²) < 4.78 is 2.24. The zero-order valence-corrected chi connectivity index (χ0v) is 12.2. The average molecular weight is 256 g/mol. The van der Waals surface area contributed by atoms with Gasteiger partial charge in [-0.25, -0.2) is 0 Å². The summed E-state index contributed by atoms with van der Waals surface area (Å²) >= 11 is 0. The molecule has 2 heteroatoms. The molecule has 1 aromatic carbocycles. The third-order valence-corrected chi connectivity index (χ3v) is 3.79. The van der Waals surface area contributed by atoms with Gasteiger partial charge in [-0.3, -0.25) is 0 Å². The Kier molecular flexibility index (Phi) is 4.43. The predicted octanol–water partition coefficient (Wildman–Crippen LogP) is 3.95. The molecule has 2 N–H and O–H groups in total. The number of aryl methyl sites for hydroxylation is 2. The van der Waals surface area contributed by atoms with Crippen LogP contribution in [0.3, 0.4) is 0 Å². The molecule has 0 saturated heterocycles. The second-order valence-electron chi connectivity index (χ2n) is 5.38. The molecule has 1 atom stereocenters. The maximum atomic E-state index is 6.16. The smallest absolute Gasteiger partial charge is 0.0475 e. The molecule has 0 amide bonds. The molecule has 0 aliphatic carbocycles. The van der Waals surface area contributed by atoms with Gasteiger partial charge in [-0.2, -0.15) is 0 Å². The largest absolute Gasteiger partial charge is 0.350 e. The summed E-state index contributed by atoms with van der Waals surface area (Å²) in [6.45, 7) is 7.45. The molecule has 1 heterocycles. The second kappa shape index (κ2) is 6.07. The van der Waals surface area contributed by atoms with Crippen LogP contribution in [-0.4, -0.2) is 4.57 Å². The van der Waals surface area contributed by atoms with Crippen molar-refractivity contribution in [3.05, 3.63) is 58.9 Å². The van der Waals surface area contributed by atoms with E-state index in [-0.39, 0.29) is 6.04 Å².